The third kappa shape index (κ3) is 1.17. The van der Waals surface area contributed by atoms with Crippen molar-refractivity contribution >= 4 is 17.3 Å². The summed E-state index contributed by atoms with van der Waals surface area (Å²) in [5.74, 6) is 0.945. The van der Waals surface area contributed by atoms with Crippen LogP contribution in [0.25, 0.3) is 0 Å². The molecule has 1 aromatic carbocycles. The monoisotopic (exact) mass is 209 g/mol. The lowest BCUT2D eigenvalue weighted by molar-refractivity contribution is 0.000207. The van der Waals surface area contributed by atoms with Crippen molar-refractivity contribution in [2.24, 2.45) is 0 Å². The summed E-state index contributed by atoms with van der Waals surface area (Å²) in [4.78, 5) is 0. The molecule has 1 aromatic rings. The molecule has 0 atom stereocenters. The smallest absolute Gasteiger partial charge is 0.143 e. The van der Waals surface area contributed by atoms with Crippen molar-refractivity contribution in [3.63, 3.8) is 0 Å². The zero-order valence-electron chi connectivity index (χ0n) is 7.85. The molecule has 1 fully saturated rings. The van der Waals surface area contributed by atoms with E-state index in [1.54, 1.807) is 0 Å². The molecule has 2 nitrogen and oxygen atoms in total. The van der Waals surface area contributed by atoms with Crippen LogP contribution in [0.2, 0.25) is 5.02 Å². The van der Waals surface area contributed by atoms with Gasteiger partial charge in [-0.05, 0) is 37.5 Å². The van der Waals surface area contributed by atoms with E-state index in [1.807, 2.05) is 18.2 Å². The quantitative estimate of drug-likeness (QED) is 0.709. The Morgan fingerprint density at radius 3 is 2.93 bits per heavy atom. The number of benzene rings is 1. The summed E-state index contributed by atoms with van der Waals surface area (Å²) >= 11 is 5.90. The lowest BCUT2D eigenvalue weighted by Crippen LogP contribution is -2.51. The van der Waals surface area contributed by atoms with Crippen LogP contribution in [0, 0.1) is 0 Å². The number of rotatable bonds is 0. The molecule has 0 bridgehead atoms. The van der Waals surface area contributed by atoms with Crippen molar-refractivity contribution in [3.8, 4) is 5.75 Å². The third-order valence-corrected chi connectivity index (χ3v) is 3.37. The highest BCUT2D eigenvalue weighted by molar-refractivity contribution is 6.30. The van der Waals surface area contributed by atoms with Crippen molar-refractivity contribution in [1.29, 1.82) is 0 Å². The molecule has 0 aromatic heterocycles. The molecule has 74 valence electrons. The van der Waals surface area contributed by atoms with Gasteiger partial charge < -0.3 is 10.1 Å². The Kier molecular flexibility index (Phi) is 1.68. The minimum absolute atomic E-state index is 0.0842. The van der Waals surface area contributed by atoms with Crippen molar-refractivity contribution in [1.82, 2.24) is 0 Å². The Morgan fingerprint density at radius 2 is 2.21 bits per heavy atom. The zero-order valence-corrected chi connectivity index (χ0v) is 8.60. The average molecular weight is 210 g/mol. The molecule has 0 saturated heterocycles. The maximum absolute atomic E-state index is 5.99. The van der Waals surface area contributed by atoms with Gasteiger partial charge in [0.15, 0.2) is 0 Å². The Hall–Kier alpha value is -0.890. The summed E-state index contributed by atoms with van der Waals surface area (Å²) in [6.07, 6.45) is 3.62. The second kappa shape index (κ2) is 2.80. The van der Waals surface area contributed by atoms with Crippen molar-refractivity contribution in [3.05, 3.63) is 23.2 Å². The third-order valence-electron chi connectivity index (χ3n) is 3.13. The Morgan fingerprint density at radius 1 is 1.36 bits per heavy atom. The van der Waals surface area contributed by atoms with Crippen LogP contribution >= 0.6 is 11.6 Å². The predicted octanol–water partition coefficient (Wildman–Crippen LogP) is 3.07. The molecule has 1 saturated carbocycles. The van der Waals surface area contributed by atoms with Crippen LogP contribution in [0.3, 0.4) is 0 Å². The molecule has 1 heterocycles. The van der Waals surface area contributed by atoms with Crippen LogP contribution in [0.1, 0.15) is 19.3 Å². The van der Waals surface area contributed by atoms with E-state index in [4.69, 9.17) is 16.3 Å². The average Bonchev–Trinajstić information content (AvgIpc) is 2.15. The normalized spacial score (nSPS) is 21.8. The van der Waals surface area contributed by atoms with Gasteiger partial charge in [0.1, 0.15) is 11.4 Å². The van der Waals surface area contributed by atoms with Crippen molar-refractivity contribution in [2.45, 2.75) is 24.9 Å². The summed E-state index contributed by atoms with van der Waals surface area (Å²) in [7, 11) is 0. The maximum atomic E-state index is 5.99. The van der Waals surface area contributed by atoms with Crippen molar-refractivity contribution < 1.29 is 4.74 Å². The van der Waals surface area contributed by atoms with Gasteiger partial charge in [-0.2, -0.15) is 0 Å². The van der Waals surface area contributed by atoms with Gasteiger partial charge in [-0.3, -0.25) is 0 Å². The number of ether oxygens (including phenoxy) is 1. The van der Waals surface area contributed by atoms with E-state index in [9.17, 15) is 0 Å². The highest BCUT2D eigenvalue weighted by Gasteiger charge is 2.41. The first kappa shape index (κ1) is 8.42. The molecule has 0 radical (unpaired) electrons. The number of hydrogen-bond acceptors (Lipinski definition) is 2. The number of nitrogens with one attached hydrogen (secondary N) is 1. The minimum Gasteiger partial charge on any atom is -0.483 e. The summed E-state index contributed by atoms with van der Waals surface area (Å²) in [5, 5.41) is 4.14. The molecule has 0 unspecified atom stereocenters. The van der Waals surface area contributed by atoms with Gasteiger partial charge in [0.05, 0.1) is 12.2 Å². The standard InChI is InChI=1S/C11H12ClNO/c12-8-2-3-10-9(6-8)13-7-11(14-10)4-1-5-11/h2-3,6,13H,1,4-5,7H2. The van der Waals surface area contributed by atoms with Gasteiger partial charge in [-0.15, -0.1) is 0 Å². The van der Waals surface area contributed by atoms with E-state index in [2.05, 4.69) is 5.32 Å². The molecule has 0 amide bonds. The Bertz CT molecular complexity index is 374. The molecule has 2 aliphatic rings. The van der Waals surface area contributed by atoms with Crippen LogP contribution in [-0.4, -0.2) is 12.1 Å². The van der Waals surface area contributed by atoms with Crippen molar-refractivity contribution in [2.75, 3.05) is 11.9 Å². The summed E-state index contributed by atoms with van der Waals surface area (Å²) in [5.41, 5.74) is 1.11. The molecule has 1 N–H and O–H groups in total. The molecule has 3 heteroatoms. The maximum Gasteiger partial charge on any atom is 0.143 e. The molecule has 3 rings (SSSR count). The second-order valence-corrected chi connectivity index (χ2v) is 4.57. The number of anilines is 1. The first-order chi connectivity index (χ1) is 6.77. The van der Waals surface area contributed by atoms with E-state index in [-0.39, 0.29) is 5.60 Å². The van der Waals surface area contributed by atoms with Gasteiger partial charge >= 0.3 is 0 Å². The molecular weight excluding hydrogens is 198 g/mol. The molecular formula is C11H12ClNO. The summed E-state index contributed by atoms with van der Waals surface area (Å²) in [6, 6.07) is 5.74. The van der Waals surface area contributed by atoms with Gasteiger partial charge in [-0.1, -0.05) is 11.6 Å². The molecule has 1 aliphatic heterocycles. The lowest BCUT2D eigenvalue weighted by Gasteiger charge is -2.45. The van der Waals surface area contributed by atoms with E-state index in [0.29, 0.717) is 0 Å². The van der Waals surface area contributed by atoms with Crippen LogP contribution in [0.15, 0.2) is 18.2 Å². The van der Waals surface area contributed by atoms with E-state index in [1.165, 1.54) is 19.3 Å². The number of hydrogen-bond donors (Lipinski definition) is 1. The minimum atomic E-state index is 0.0842. The van der Waals surface area contributed by atoms with Gasteiger partial charge in [0, 0.05) is 5.02 Å². The molecule has 14 heavy (non-hydrogen) atoms. The molecule has 1 spiro atoms. The van der Waals surface area contributed by atoms with E-state index in [0.717, 1.165) is 23.0 Å². The van der Waals surface area contributed by atoms with Gasteiger partial charge in [-0.25, -0.2) is 0 Å². The zero-order chi connectivity index (χ0) is 9.60. The van der Waals surface area contributed by atoms with Crippen LogP contribution in [0.4, 0.5) is 5.69 Å². The van der Waals surface area contributed by atoms with Gasteiger partial charge in [0.2, 0.25) is 0 Å². The fourth-order valence-corrected chi connectivity index (χ4v) is 2.28. The lowest BCUT2D eigenvalue weighted by atomic mass is 9.79. The fourth-order valence-electron chi connectivity index (χ4n) is 2.10. The number of fused-ring (bicyclic) bond motifs is 1. The Balaban J connectivity index is 1.94. The van der Waals surface area contributed by atoms with E-state index >= 15 is 0 Å². The highest BCUT2D eigenvalue weighted by atomic mass is 35.5. The van der Waals surface area contributed by atoms with Crippen LogP contribution < -0.4 is 10.1 Å². The predicted molar refractivity (Wildman–Crippen MR) is 57.2 cm³/mol. The SMILES string of the molecule is Clc1ccc2c(c1)NCC1(CCC1)O2. The first-order valence-corrected chi connectivity index (χ1v) is 5.38. The van der Waals surface area contributed by atoms with E-state index < -0.39 is 0 Å². The summed E-state index contributed by atoms with van der Waals surface area (Å²) < 4.78 is 5.99. The second-order valence-electron chi connectivity index (χ2n) is 4.13. The Labute approximate surface area is 88.2 Å². The summed E-state index contributed by atoms with van der Waals surface area (Å²) in [6.45, 7) is 0.917. The largest absolute Gasteiger partial charge is 0.483 e. The number of halogens is 1. The fraction of sp³-hybridized carbons (Fsp3) is 0.455. The highest BCUT2D eigenvalue weighted by Crippen LogP contribution is 2.43. The van der Waals surface area contributed by atoms with Gasteiger partial charge in [0.25, 0.3) is 0 Å². The molecule has 1 aliphatic carbocycles. The first-order valence-electron chi connectivity index (χ1n) is 5.00. The van der Waals surface area contributed by atoms with Crippen LogP contribution in [-0.2, 0) is 0 Å². The van der Waals surface area contributed by atoms with Crippen LogP contribution in [0.5, 0.6) is 5.75 Å². The topological polar surface area (TPSA) is 21.3 Å².